The molecule has 1 aliphatic heterocycles. The average molecular weight is 286 g/mol. The molecular weight excluding hydrogens is 272 g/mol. The minimum Gasteiger partial charge on any atom is -0.449 e. The molecule has 0 N–H and O–H groups in total. The van der Waals surface area contributed by atoms with Crippen LogP contribution in [0.1, 0.15) is 27.6 Å². The highest BCUT2D eigenvalue weighted by atomic mass is 16.5. The molecular formula is C20H14O2. The molecule has 3 aromatic rings. The van der Waals surface area contributed by atoms with Gasteiger partial charge in [0.05, 0.1) is 5.56 Å². The summed E-state index contributed by atoms with van der Waals surface area (Å²) in [5, 5.41) is 0. The van der Waals surface area contributed by atoms with Crippen LogP contribution in [0.2, 0.25) is 0 Å². The first kappa shape index (κ1) is 12.8. The molecule has 106 valence electrons. The minimum atomic E-state index is -0.333. The van der Waals surface area contributed by atoms with Crippen molar-refractivity contribution in [1.82, 2.24) is 0 Å². The number of esters is 1. The summed E-state index contributed by atoms with van der Waals surface area (Å²) in [7, 11) is 0. The van der Waals surface area contributed by atoms with Gasteiger partial charge in [-0.1, -0.05) is 72.8 Å². The Hall–Kier alpha value is -2.87. The number of cyclic esters (lactones) is 1. The van der Waals surface area contributed by atoms with Crippen LogP contribution in [0.3, 0.4) is 0 Å². The fourth-order valence-electron chi connectivity index (χ4n) is 2.98. The number of carbonyl (C=O) groups excluding carboxylic acids is 1. The lowest BCUT2D eigenvalue weighted by Crippen LogP contribution is -2.02. The van der Waals surface area contributed by atoms with Crippen LogP contribution in [0.25, 0.3) is 11.1 Å². The summed E-state index contributed by atoms with van der Waals surface area (Å²) in [6.07, 6.45) is -0.333. The van der Waals surface area contributed by atoms with E-state index in [2.05, 4.69) is 18.2 Å². The van der Waals surface area contributed by atoms with Crippen LogP contribution in [0.15, 0.2) is 78.9 Å². The van der Waals surface area contributed by atoms with Gasteiger partial charge in [-0.25, -0.2) is 4.79 Å². The summed E-state index contributed by atoms with van der Waals surface area (Å²) in [5.41, 5.74) is 4.84. The minimum absolute atomic E-state index is 0.247. The van der Waals surface area contributed by atoms with Gasteiger partial charge >= 0.3 is 5.97 Å². The standard InChI is InChI=1S/C20H14O2/c21-20-18-13-7-6-12-17(18)19(22-20)16-11-5-4-10-15(16)14-8-2-1-3-9-14/h1-13,19H. The van der Waals surface area contributed by atoms with Gasteiger partial charge in [0.1, 0.15) is 0 Å². The van der Waals surface area contributed by atoms with Crippen LogP contribution in [-0.2, 0) is 4.74 Å². The fraction of sp³-hybridized carbons (Fsp3) is 0.0500. The highest BCUT2D eigenvalue weighted by molar-refractivity contribution is 5.94. The van der Waals surface area contributed by atoms with E-state index in [1.54, 1.807) is 0 Å². The Labute approximate surface area is 129 Å². The molecule has 1 unspecified atom stereocenters. The van der Waals surface area contributed by atoms with Gasteiger partial charge in [-0.05, 0) is 17.2 Å². The molecule has 2 heteroatoms. The van der Waals surface area contributed by atoms with E-state index in [9.17, 15) is 4.79 Å². The Kier molecular flexibility index (Phi) is 3.01. The molecule has 0 saturated heterocycles. The Balaban J connectivity index is 1.87. The van der Waals surface area contributed by atoms with Crippen molar-refractivity contribution >= 4 is 5.97 Å². The van der Waals surface area contributed by atoms with Crippen molar-refractivity contribution in [2.24, 2.45) is 0 Å². The summed E-state index contributed by atoms with van der Waals surface area (Å²) >= 11 is 0. The summed E-state index contributed by atoms with van der Waals surface area (Å²) in [6.45, 7) is 0. The van der Waals surface area contributed by atoms with Crippen molar-refractivity contribution in [3.8, 4) is 11.1 Å². The first-order valence-corrected chi connectivity index (χ1v) is 7.29. The molecule has 0 bridgehead atoms. The maximum Gasteiger partial charge on any atom is 0.339 e. The lowest BCUT2D eigenvalue weighted by atomic mass is 9.92. The molecule has 2 nitrogen and oxygen atoms in total. The molecule has 3 aromatic carbocycles. The van der Waals surface area contributed by atoms with Crippen LogP contribution in [0.5, 0.6) is 0 Å². The lowest BCUT2D eigenvalue weighted by molar-refractivity contribution is 0.0456. The van der Waals surface area contributed by atoms with Crippen molar-refractivity contribution in [3.05, 3.63) is 95.6 Å². The van der Waals surface area contributed by atoms with Gasteiger partial charge in [0, 0.05) is 11.1 Å². The number of fused-ring (bicyclic) bond motifs is 1. The molecule has 1 heterocycles. The molecule has 1 atom stereocenters. The summed E-state index contributed by atoms with van der Waals surface area (Å²) in [5.74, 6) is -0.247. The Morgan fingerprint density at radius 3 is 1.91 bits per heavy atom. The van der Waals surface area contributed by atoms with Gasteiger partial charge in [-0.15, -0.1) is 0 Å². The molecule has 1 aliphatic rings. The molecule has 0 aromatic heterocycles. The second-order valence-corrected chi connectivity index (χ2v) is 5.33. The maximum atomic E-state index is 12.1. The van der Waals surface area contributed by atoms with E-state index in [-0.39, 0.29) is 12.1 Å². The van der Waals surface area contributed by atoms with Gasteiger partial charge in [0.15, 0.2) is 6.10 Å². The largest absolute Gasteiger partial charge is 0.449 e. The second kappa shape index (κ2) is 5.15. The van der Waals surface area contributed by atoms with Crippen LogP contribution < -0.4 is 0 Å². The van der Waals surface area contributed by atoms with Crippen LogP contribution in [0.4, 0.5) is 0 Å². The smallest absolute Gasteiger partial charge is 0.339 e. The van der Waals surface area contributed by atoms with E-state index >= 15 is 0 Å². The Bertz CT molecular complexity index is 837. The summed E-state index contributed by atoms with van der Waals surface area (Å²) in [4.78, 5) is 12.1. The molecule has 0 amide bonds. The molecule has 4 rings (SSSR count). The third-order valence-electron chi connectivity index (χ3n) is 4.02. The first-order valence-electron chi connectivity index (χ1n) is 7.29. The van der Waals surface area contributed by atoms with E-state index in [1.807, 2.05) is 60.7 Å². The van der Waals surface area contributed by atoms with Crippen molar-refractivity contribution in [1.29, 1.82) is 0 Å². The van der Waals surface area contributed by atoms with E-state index in [0.717, 1.165) is 22.3 Å². The zero-order valence-corrected chi connectivity index (χ0v) is 11.9. The van der Waals surface area contributed by atoms with Crippen molar-refractivity contribution in [3.63, 3.8) is 0 Å². The number of hydrogen-bond acceptors (Lipinski definition) is 2. The Morgan fingerprint density at radius 1 is 0.636 bits per heavy atom. The SMILES string of the molecule is O=C1OC(c2ccccc2-c2ccccc2)c2ccccc21. The first-order chi connectivity index (χ1) is 10.8. The van der Waals surface area contributed by atoms with Crippen LogP contribution in [0, 0.1) is 0 Å². The monoisotopic (exact) mass is 286 g/mol. The highest BCUT2D eigenvalue weighted by Crippen LogP contribution is 2.39. The fourth-order valence-corrected chi connectivity index (χ4v) is 2.98. The van der Waals surface area contributed by atoms with Gasteiger partial charge in [-0.2, -0.15) is 0 Å². The molecule has 0 fully saturated rings. The highest BCUT2D eigenvalue weighted by Gasteiger charge is 2.32. The Morgan fingerprint density at radius 2 is 1.18 bits per heavy atom. The number of benzene rings is 3. The van der Waals surface area contributed by atoms with Gasteiger partial charge in [-0.3, -0.25) is 0 Å². The van der Waals surface area contributed by atoms with Crippen LogP contribution in [-0.4, -0.2) is 5.97 Å². The van der Waals surface area contributed by atoms with Crippen molar-refractivity contribution in [2.75, 3.05) is 0 Å². The molecule has 0 aliphatic carbocycles. The van der Waals surface area contributed by atoms with Crippen LogP contribution >= 0.6 is 0 Å². The quantitative estimate of drug-likeness (QED) is 0.643. The average Bonchev–Trinajstić information content (AvgIpc) is 2.93. The molecule has 0 radical (unpaired) electrons. The normalized spacial score (nSPS) is 16.2. The van der Waals surface area contributed by atoms with Crippen molar-refractivity contribution < 1.29 is 9.53 Å². The third kappa shape index (κ3) is 2.01. The zero-order valence-electron chi connectivity index (χ0n) is 11.9. The van der Waals surface area contributed by atoms with Gasteiger partial charge < -0.3 is 4.74 Å². The van der Waals surface area contributed by atoms with Gasteiger partial charge in [0.25, 0.3) is 0 Å². The molecule has 0 spiro atoms. The molecule has 22 heavy (non-hydrogen) atoms. The van der Waals surface area contributed by atoms with E-state index in [0.29, 0.717) is 5.56 Å². The maximum absolute atomic E-state index is 12.1. The lowest BCUT2D eigenvalue weighted by Gasteiger charge is -2.16. The number of ether oxygens (including phenoxy) is 1. The topological polar surface area (TPSA) is 26.3 Å². The van der Waals surface area contributed by atoms with Gasteiger partial charge in [0.2, 0.25) is 0 Å². The predicted octanol–water partition coefficient (Wildman–Crippen LogP) is 4.61. The predicted molar refractivity (Wildman–Crippen MR) is 85.6 cm³/mol. The van der Waals surface area contributed by atoms with E-state index in [1.165, 1.54) is 0 Å². The second-order valence-electron chi connectivity index (χ2n) is 5.33. The summed E-state index contributed by atoms with van der Waals surface area (Å²) < 4.78 is 5.64. The number of carbonyl (C=O) groups is 1. The third-order valence-corrected chi connectivity index (χ3v) is 4.02. The van der Waals surface area contributed by atoms with Crippen molar-refractivity contribution in [2.45, 2.75) is 6.10 Å². The van der Waals surface area contributed by atoms with E-state index < -0.39 is 0 Å². The summed E-state index contributed by atoms with van der Waals surface area (Å²) in [6, 6.07) is 25.9. The van der Waals surface area contributed by atoms with E-state index in [4.69, 9.17) is 4.74 Å². The zero-order chi connectivity index (χ0) is 14.9. The number of hydrogen-bond donors (Lipinski definition) is 0. The molecule has 0 saturated carbocycles. The number of rotatable bonds is 2.